The number of hydrogen-bond donors (Lipinski definition) is 0. The first-order valence-electron chi connectivity index (χ1n) is 9.04. The number of ether oxygens (including phenoxy) is 2. The van der Waals surface area contributed by atoms with Gasteiger partial charge >= 0.3 is 0 Å². The smallest absolute Gasteiger partial charge is 0.162 e. The molecule has 0 aromatic heterocycles. The molecule has 2 aromatic rings. The van der Waals surface area contributed by atoms with Crippen LogP contribution in [0.3, 0.4) is 0 Å². The second kappa shape index (κ2) is 9.72. The predicted octanol–water partition coefficient (Wildman–Crippen LogP) is 5.83. The third-order valence-corrected chi connectivity index (χ3v) is 4.60. The molecule has 0 unspecified atom stereocenters. The van der Waals surface area contributed by atoms with Gasteiger partial charge in [-0.2, -0.15) is 0 Å². The van der Waals surface area contributed by atoms with Gasteiger partial charge in [-0.25, -0.2) is 8.78 Å². The highest BCUT2D eigenvalue weighted by atomic mass is 35.5. The Balaban J connectivity index is 1.44. The summed E-state index contributed by atoms with van der Waals surface area (Å²) in [6.45, 7) is 3.86. The van der Waals surface area contributed by atoms with Gasteiger partial charge in [0, 0.05) is 25.2 Å². The molecule has 1 aliphatic rings. The molecule has 3 nitrogen and oxygen atoms in total. The first-order valence-corrected chi connectivity index (χ1v) is 9.42. The molecule has 1 aliphatic heterocycles. The van der Waals surface area contributed by atoms with Crippen LogP contribution in [0.1, 0.15) is 19.3 Å². The van der Waals surface area contributed by atoms with Crippen molar-refractivity contribution in [1.82, 2.24) is 4.90 Å². The summed E-state index contributed by atoms with van der Waals surface area (Å²) in [5.41, 5.74) is 0. The fourth-order valence-electron chi connectivity index (χ4n) is 2.84. The molecule has 0 fully saturated rings. The van der Waals surface area contributed by atoms with Crippen LogP contribution in [0.4, 0.5) is 8.78 Å². The summed E-state index contributed by atoms with van der Waals surface area (Å²) in [5.74, 6) is -0.707. The Morgan fingerprint density at radius 2 is 1.81 bits per heavy atom. The fourth-order valence-corrected chi connectivity index (χ4v) is 3.05. The molecule has 0 saturated heterocycles. The maximum absolute atomic E-state index is 13.3. The van der Waals surface area contributed by atoms with Crippen molar-refractivity contribution < 1.29 is 18.3 Å². The van der Waals surface area contributed by atoms with Gasteiger partial charge in [0.05, 0.1) is 11.6 Å². The van der Waals surface area contributed by atoms with Crippen molar-refractivity contribution in [3.8, 4) is 17.2 Å². The predicted molar refractivity (Wildman–Crippen MR) is 103 cm³/mol. The average Bonchev–Trinajstić information content (AvgIpc) is 2.67. The number of nitrogens with zero attached hydrogens (tertiary/aromatic N) is 1. The molecule has 0 radical (unpaired) electrons. The number of unbranched alkanes of at least 4 members (excludes halogenated alkanes) is 1. The van der Waals surface area contributed by atoms with E-state index >= 15 is 0 Å². The molecule has 1 heterocycles. The van der Waals surface area contributed by atoms with Crippen molar-refractivity contribution in [2.75, 3.05) is 26.2 Å². The Morgan fingerprint density at radius 3 is 2.56 bits per heavy atom. The lowest BCUT2D eigenvalue weighted by atomic mass is 10.2. The second-order valence-corrected chi connectivity index (χ2v) is 6.79. The highest BCUT2D eigenvalue weighted by molar-refractivity contribution is 6.32. The van der Waals surface area contributed by atoms with Gasteiger partial charge in [0.1, 0.15) is 17.2 Å². The molecule has 0 aliphatic carbocycles. The maximum atomic E-state index is 13.3. The third kappa shape index (κ3) is 5.94. The Kier molecular flexibility index (Phi) is 7.07. The standard InChI is InChI=1S/C21H22ClF2NO2/c22-18-14-16(26-13-5-4-12-25-10-2-1-3-11-25)7-9-21(18)27-17-6-8-19(23)20(24)15-17/h1-2,6-9,14-15H,3-5,10-13H2. The van der Waals surface area contributed by atoms with E-state index in [0.717, 1.165) is 51.0 Å². The largest absolute Gasteiger partial charge is 0.494 e. The van der Waals surface area contributed by atoms with Crippen LogP contribution in [0, 0.1) is 11.6 Å². The van der Waals surface area contributed by atoms with Gasteiger partial charge in [-0.1, -0.05) is 23.8 Å². The van der Waals surface area contributed by atoms with E-state index < -0.39 is 11.6 Å². The van der Waals surface area contributed by atoms with E-state index in [1.807, 2.05) is 0 Å². The zero-order valence-corrected chi connectivity index (χ0v) is 15.7. The van der Waals surface area contributed by atoms with Gasteiger partial charge in [0.25, 0.3) is 0 Å². The van der Waals surface area contributed by atoms with Crippen LogP contribution in [0.5, 0.6) is 17.2 Å². The molecular weight excluding hydrogens is 372 g/mol. The van der Waals surface area contributed by atoms with Gasteiger partial charge < -0.3 is 9.47 Å². The SMILES string of the molecule is Fc1ccc(Oc2ccc(OCCCCN3CC=CCC3)cc2Cl)cc1F. The summed E-state index contributed by atoms with van der Waals surface area (Å²) in [4.78, 5) is 2.43. The van der Waals surface area contributed by atoms with Crippen molar-refractivity contribution in [3.63, 3.8) is 0 Å². The van der Waals surface area contributed by atoms with Crippen LogP contribution in [0.2, 0.25) is 5.02 Å². The Morgan fingerprint density at radius 1 is 0.963 bits per heavy atom. The van der Waals surface area contributed by atoms with Gasteiger partial charge in [0.2, 0.25) is 0 Å². The van der Waals surface area contributed by atoms with Gasteiger partial charge in [-0.3, -0.25) is 4.90 Å². The number of rotatable bonds is 8. The molecule has 6 heteroatoms. The molecule has 2 aromatic carbocycles. The molecule has 0 spiro atoms. The van der Waals surface area contributed by atoms with Crippen LogP contribution >= 0.6 is 11.6 Å². The normalized spacial score (nSPS) is 14.3. The van der Waals surface area contributed by atoms with Crippen molar-refractivity contribution in [2.24, 2.45) is 0 Å². The number of hydrogen-bond acceptors (Lipinski definition) is 3. The Hall–Kier alpha value is -2.11. The van der Waals surface area contributed by atoms with E-state index in [0.29, 0.717) is 23.1 Å². The zero-order chi connectivity index (χ0) is 19.1. The van der Waals surface area contributed by atoms with Gasteiger partial charge in [-0.15, -0.1) is 0 Å². The molecule has 0 saturated carbocycles. The molecule has 27 heavy (non-hydrogen) atoms. The van der Waals surface area contributed by atoms with Crippen LogP contribution < -0.4 is 9.47 Å². The molecule has 0 atom stereocenters. The van der Waals surface area contributed by atoms with E-state index in [-0.39, 0.29) is 5.75 Å². The number of halogens is 3. The summed E-state index contributed by atoms with van der Waals surface area (Å²) >= 11 is 6.21. The highest BCUT2D eigenvalue weighted by Gasteiger charge is 2.09. The lowest BCUT2D eigenvalue weighted by molar-refractivity contribution is 0.263. The Labute approximate surface area is 163 Å². The van der Waals surface area contributed by atoms with E-state index in [1.165, 1.54) is 6.07 Å². The zero-order valence-electron chi connectivity index (χ0n) is 15.0. The summed E-state index contributed by atoms with van der Waals surface area (Å²) < 4.78 is 37.5. The molecule has 0 N–H and O–H groups in total. The van der Waals surface area contributed by atoms with Crippen molar-refractivity contribution in [1.29, 1.82) is 0 Å². The first-order chi connectivity index (χ1) is 13.1. The van der Waals surface area contributed by atoms with Gasteiger partial charge in [0.15, 0.2) is 11.6 Å². The fraction of sp³-hybridized carbons (Fsp3) is 0.333. The highest BCUT2D eigenvalue weighted by Crippen LogP contribution is 2.33. The van der Waals surface area contributed by atoms with Crippen LogP contribution in [0.25, 0.3) is 0 Å². The van der Waals surface area contributed by atoms with Crippen molar-refractivity contribution in [2.45, 2.75) is 19.3 Å². The summed E-state index contributed by atoms with van der Waals surface area (Å²) in [5, 5.41) is 0.345. The number of benzene rings is 2. The molecule has 0 bridgehead atoms. The monoisotopic (exact) mass is 393 g/mol. The minimum atomic E-state index is -0.968. The Bertz CT molecular complexity index is 798. The lowest BCUT2D eigenvalue weighted by Gasteiger charge is -2.22. The second-order valence-electron chi connectivity index (χ2n) is 6.39. The summed E-state index contributed by atoms with van der Waals surface area (Å²) in [7, 11) is 0. The van der Waals surface area contributed by atoms with Crippen LogP contribution in [0.15, 0.2) is 48.6 Å². The van der Waals surface area contributed by atoms with E-state index in [4.69, 9.17) is 21.1 Å². The lowest BCUT2D eigenvalue weighted by Crippen LogP contribution is -2.28. The van der Waals surface area contributed by atoms with Crippen LogP contribution in [-0.4, -0.2) is 31.1 Å². The van der Waals surface area contributed by atoms with E-state index in [2.05, 4.69) is 17.1 Å². The summed E-state index contributed by atoms with van der Waals surface area (Å²) in [6, 6.07) is 8.39. The quantitative estimate of drug-likeness (QED) is 0.416. The van der Waals surface area contributed by atoms with E-state index in [9.17, 15) is 8.78 Å². The minimum absolute atomic E-state index is 0.178. The maximum Gasteiger partial charge on any atom is 0.162 e. The van der Waals surface area contributed by atoms with Gasteiger partial charge in [-0.05, 0) is 50.1 Å². The third-order valence-electron chi connectivity index (χ3n) is 4.30. The molecule has 0 amide bonds. The summed E-state index contributed by atoms with van der Waals surface area (Å²) in [6.07, 6.45) is 7.62. The topological polar surface area (TPSA) is 21.7 Å². The first kappa shape index (κ1) is 19.6. The molecule has 144 valence electrons. The molecule has 3 rings (SSSR count). The average molecular weight is 394 g/mol. The van der Waals surface area contributed by atoms with Crippen molar-refractivity contribution in [3.05, 3.63) is 65.2 Å². The van der Waals surface area contributed by atoms with Crippen LogP contribution in [-0.2, 0) is 0 Å². The van der Waals surface area contributed by atoms with E-state index in [1.54, 1.807) is 18.2 Å². The molecular formula is C21H22ClF2NO2. The minimum Gasteiger partial charge on any atom is -0.494 e. The van der Waals surface area contributed by atoms with Crippen molar-refractivity contribution >= 4 is 11.6 Å².